The number of allylic oxidation sites excluding steroid dienone is 1. The Morgan fingerprint density at radius 2 is 1.54 bits per heavy atom. The van der Waals surface area contributed by atoms with Gasteiger partial charge in [-0.2, -0.15) is 0 Å². The molecular weight excluding hydrogens is 483 g/mol. The lowest BCUT2D eigenvalue weighted by Gasteiger charge is -2.15. The van der Waals surface area contributed by atoms with Crippen molar-refractivity contribution in [2.45, 2.75) is 33.3 Å². The van der Waals surface area contributed by atoms with E-state index < -0.39 is 6.10 Å². The van der Waals surface area contributed by atoms with E-state index in [2.05, 4.69) is 31.2 Å². The number of esters is 1. The fourth-order valence-corrected chi connectivity index (χ4v) is 4.14. The van der Waals surface area contributed by atoms with Crippen molar-refractivity contribution in [3.63, 3.8) is 0 Å². The second kappa shape index (κ2) is 13.3. The molecule has 0 N–H and O–H groups in total. The molecule has 3 rings (SSSR count). The van der Waals surface area contributed by atoms with Crippen molar-refractivity contribution in [2.24, 2.45) is 0 Å². The van der Waals surface area contributed by atoms with Crippen LogP contribution in [0.3, 0.4) is 0 Å². The first-order valence-electron chi connectivity index (χ1n) is 11.6. The van der Waals surface area contributed by atoms with Crippen molar-refractivity contribution in [1.29, 1.82) is 0 Å². The zero-order valence-electron chi connectivity index (χ0n) is 20.2. The lowest BCUT2D eigenvalue weighted by atomic mass is 10.0. The number of rotatable bonds is 11. The minimum atomic E-state index is -0.598. The van der Waals surface area contributed by atoms with Crippen molar-refractivity contribution >= 4 is 34.7 Å². The molecule has 0 fully saturated rings. The summed E-state index contributed by atoms with van der Waals surface area (Å²) < 4.78 is 16.5. The second-order valence-electron chi connectivity index (χ2n) is 7.98. The van der Waals surface area contributed by atoms with Gasteiger partial charge in [0.15, 0.2) is 6.10 Å². The predicted octanol–water partition coefficient (Wildman–Crippen LogP) is 7.65. The number of ether oxygens (including phenoxy) is 3. The van der Waals surface area contributed by atoms with Crippen molar-refractivity contribution in [3.8, 4) is 16.9 Å². The van der Waals surface area contributed by atoms with Gasteiger partial charge in [-0.1, -0.05) is 59.6 Å². The summed E-state index contributed by atoms with van der Waals surface area (Å²) in [6.07, 6.45) is 1.91. The predicted molar refractivity (Wildman–Crippen MR) is 143 cm³/mol. The number of carbonyl (C=O) groups excluding carboxylic acids is 1. The summed E-state index contributed by atoms with van der Waals surface area (Å²) in [4.78, 5) is 12.1. The first kappa shape index (κ1) is 26.8. The Kier molecular flexibility index (Phi) is 10.2. The van der Waals surface area contributed by atoms with Crippen LogP contribution in [0.25, 0.3) is 16.7 Å². The van der Waals surface area contributed by atoms with Gasteiger partial charge >= 0.3 is 5.97 Å². The molecule has 3 aromatic rings. The quantitative estimate of drug-likeness (QED) is 0.247. The minimum Gasteiger partial charge on any atom is -0.490 e. The molecule has 3 aromatic carbocycles. The van der Waals surface area contributed by atoms with Gasteiger partial charge in [0.2, 0.25) is 0 Å². The zero-order valence-corrected chi connectivity index (χ0v) is 21.7. The lowest BCUT2D eigenvalue weighted by Crippen LogP contribution is -2.28. The normalized spacial score (nSPS) is 12.3. The van der Waals surface area contributed by atoms with Gasteiger partial charge in [0.25, 0.3) is 0 Å². The van der Waals surface area contributed by atoms with E-state index in [1.165, 1.54) is 0 Å². The fraction of sp³-hybridized carbons (Fsp3) is 0.276. The smallest absolute Gasteiger partial charge is 0.335 e. The Bertz CT molecular complexity index is 1120. The fourth-order valence-electron chi connectivity index (χ4n) is 3.61. The number of carbonyl (C=O) groups is 1. The lowest BCUT2D eigenvalue weighted by molar-refractivity contribution is -0.156. The summed E-state index contributed by atoms with van der Waals surface area (Å²) in [5.41, 5.74) is 5.25. The third-order valence-corrected chi connectivity index (χ3v) is 5.87. The number of hydrogen-bond acceptors (Lipinski definition) is 4. The molecule has 0 aromatic heterocycles. The van der Waals surface area contributed by atoms with Gasteiger partial charge in [-0.25, -0.2) is 4.79 Å². The van der Waals surface area contributed by atoms with Crippen molar-refractivity contribution in [2.75, 3.05) is 19.8 Å². The minimum absolute atomic E-state index is 0.334. The maximum atomic E-state index is 12.1. The number of halogens is 2. The molecule has 1 atom stereocenters. The van der Waals surface area contributed by atoms with E-state index in [1.54, 1.807) is 13.0 Å². The molecule has 0 aliphatic carbocycles. The first-order chi connectivity index (χ1) is 16.9. The summed E-state index contributed by atoms with van der Waals surface area (Å²) in [5, 5.41) is 1.23. The van der Waals surface area contributed by atoms with Crippen LogP contribution in [-0.2, 0) is 20.7 Å². The molecule has 35 heavy (non-hydrogen) atoms. The monoisotopic (exact) mass is 512 g/mol. The molecule has 184 valence electrons. The topological polar surface area (TPSA) is 44.8 Å². The highest BCUT2D eigenvalue weighted by Gasteiger charge is 2.20. The molecule has 0 unspecified atom stereocenters. The maximum absolute atomic E-state index is 12.1. The van der Waals surface area contributed by atoms with Crippen LogP contribution in [0.4, 0.5) is 0 Å². The zero-order chi connectivity index (χ0) is 25.2. The third kappa shape index (κ3) is 8.14. The molecular formula is C29H30Cl2O4. The Labute approximate surface area is 217 Å². The summed E-state index contributed by atoms with van der Waals surface area (Å²) in [6, 6.07) is 21.5. The Balaban J connectivity index is 1.56. The molecule has 0 radical (unpaired) electrons. The highest BCUT2D eigenvalue weighted by molar-refractivity contribution is 6.35. The molecule has 0 spiro atoms. The van der Waals surface area contributed by atoms with Crippen LogP contribution in [0.1, 0.15) is 31.9 Å². The van der Waals surface area contributed by atoms with E-state index in [0.29, 0.717) is 36.3 Å². The molecule has 0 saturated carbocycles. The average Bonchev–Trinajstić information content (AvgIpc) is 2.84. The highest BCUT2D eigenvalue weighted by atomic mass is 35.5. The van der Waals surface area contributed by atoms with Crippen LogP contribution in [0.15, 0.2) is 72.8 Å². The number of hydrogen-bond donors (Lipinski definition) is 0. The van der Waals surface area contributed by atoms with Crippen molar-refractivity contribution in [1.82, 2.24) is 0 Å². The van der Waals surface area contributed by atoms with E-state index in [1.807, 2.05) is 49.4 Å². The second-order valence-corrected chi connectivity index (χ2v) is 8.85. The van der Waals surface area contributed by atoms with Gasteiger partial charge in [0, 0.05) is 23.1 Å². The summed E-state index contributed by atoms with van der Waals surface area (Å²) in [5.74, 6) is 0.426. The first-order valence-corrected chi connectivity index (χ1v) is 12.4. The average molecular weight is 513 g/mol. The van der Waals surface area contributed by atoms with Crippen LogP contribution in [0.2, 0.25) is 10.0 Å². The van der Waals surface area contributed by atoms with E-state index in [9.17, 15) is 4.79 Å². The molecule has 0 aliphatic heterocycles. The van der Waals surface area contributed by atoms with Crippen molar-refractivity contribution in [3.05, 3.63) is 94.0 Å². The largest absolute Gasteiger partial charge is 0.490 e. The standard InChI is InChI=1S/C29H30Cl2O4/c1-4-33-28(29(32)34-5-2)16-21-6-12-27(13-7-21)35-15-14-20(3)22-8-10-23(11-9-22)24-17-25(30)19-26(31)18-24/h6-14,17-19,28H,4-5,15-16H2,1-3H3/b20-14+/t28-/m0/s1. The van der Waals surface area contributed by atoms with Gasteiger partial charge in [-0.05, 0) is 85.0 Å². The Morgan fingerprint density at radius 3 is 2.14 bits per heavy atom. The Morgan fingerprint density at radius 1 is 0.886 bits per heavy atom. The number of benzene rings is 3. The summed E-state index contributed by atoms with van der Waals surface area (Å²) >= 11 is 12.3. The van der Waals surface area contributed by atoms with Gasteiger partial charge in [-0.3, -0.25) is 0 Å². The maximum Gasteiger partial charge on any atom is 0.335 e. The molecule has 0 amide bonds. The van der Waals surface area contributed by atoms with E-state index in [0.717, 1.165) is 33.6 Å². The Hall–Kier alpha value is -2.79. The highest BCUT2D eigenvalue weighted by Crippen LogP contribution is 2.28. The van der Waals surface area contributed by atoms with Crippen molar-refractivity contribution < 1.29 is 19.0 Å². The molecule has 0 aliphatic rings. The van der Waals surface area contributed by atoms with Gasteiger partial charge in [-0.15, -0.1) is 0 Å². The van der Waals surface area contributed by atoms with E-state index in [-0.39, 0.29) is 5.97 Å². The van der Waals surface area contributed by atoms with Gasteiger partial charge < -0.3 is 14.2 Å². The van der Waals surface area contributed by atoms with Crippen LogP contribution in [-0.4, -0.2) is 31.9 Å². The molecule has 6 heteroatoms. The molecule has 0 heterocycles. The molecule has 4 nitrogen and oxygen atoms in total. The third-order valence-electron chi connectivity index (χ3n) is 5.44. The van der Waals surface area contributed by atoms with Gasteiger partial charge in [0.05, 0.1) is 6.61 Å². The van der Waals surface area contributed by atoms with Crippen LogP contribution >= 0.6 is 23.2 Å². The summed E-state index contributed by atoms with van der Waals surface area (Å²) in [6.45, 7) is 6.94. The molecule has 0 saturated heterocycles. The van der Waals surface area contributed by atoms with E-state index >= 15 is 0 Å². The molecule has 0 bridgehead atoms. The van der Waals surface area contributed by atoms with Crippen LogP contribution in [0, 0.1) is 0 Å². The van der Waals surface area contributed by atoms with Crippen LogP contribution < -0.4 is 4.74 Å². The van der Waals surface area contributed by atoms with E-state index in [4.69, 9.17) is 37.4 Å². The SMILES string of the molecule is CCOC(=O)[C@H](Cc1ccc(OC/C=C(\C)c2ccc(-c3cc(Cl)cc(Cl)c3)cc2)cc1)OCC. The van der Waals surface area contributed by atoms with Gasteiger partial charge in [0.1, 0.15) is 12.4 Å². The summed E-state index contributed by atoms with van der Waals surface area (Å²) in [7, 11) is 0. The van der Waals surface area contributed by atoms with Crippen LogP contribution in [0.5, 0.6) is 5.75 Å².